The van der Waals surface area contributed by atoms with E-state index < -0.39 is 17.4 Å². The molecule has 2 heterocycles. The number of carbonyl (C=O) groups excluding carboxylic acids is 1. The van der Waals surface area contributed by atoms with E-state index in [1.54, 1.807) is 6.20 Å². The van der Waals surface area contributed by atoms with E-state index in [-0.39, 0.29) is 16.7 Å². The third-order valence-electron chi connectivity index (χ3n) is 3.09. The largest absolute Gasteiger partial charge is 0.288 e. The Balaban J connectivity index is 2.16. The van der Waals surface area contributed by atoms with Crippen LogP contribution in [0, 0.1) is 18.6 Å². The van der Waals surface area contributed by atoms with Crippen LogP contribution in [-0.4, -0.2) is 20.4 Å². The van der Waals surface area contributed by atoms with Crippen molar-refractivity contribution in [1.82, 2.24) is 14.6 Å². The van der Waals surface area contributed by atoms with Crippen LogP contribution in [0.15, 0.2) is 36.9 Å². The van der Waals surface area contributed by atoms with Crippen molar-refractivity contribution in [2.75, 3.05) is 0 Å². The summed E-state index contributed by atoms with van der Waals surface area (Å²) in [5, 5.41) is 3.97. The number of nitrogens with zero attached hydrogens (tertiary/aromatic N) is 3. The van der Waals surface area contributed by atoms with Gasteiger partial charge in [0.25, 0.3) is 0 Å². The van der Waals surface area contributed by atoms with Crippen molar-refractivity contribution < 1.29 is 13.6 Å². The molecule has 0 radical (unpaired) electrons. The van der Waals surface area contributed by atoms with Gasteiger partial charge in [-0.15, -0.1) is 0 Å². The molecule has 0 bridgehead atoms. The third kappa shape index (κ3) is 1.77. The molecule has 0 fully saturated rings. The minimum atomic E-state index is -1.14. The van der Waals surface area contributed by atoms with Crippen molar-refractivity contribution in [2.45, 2.75) is 6.92 Å². The summed E-state index contributed by atoms with van der Waals surface area (Å²) in [5.41, 5.74) is 0.463. The number of aromatic nitrogens is 3. The number of fused-ring (bicyclic) bond motifs is 1. The first-order valence-electron chi connectivity index (χ1n) is 5.86. The predicted octanol–water partition coefficient (Wildman–Crippen LogP) is 2.55. The summed E-state index contributed by atoms with van der Waals surface area (Å²) < 4.78 is 28.9. The van der Waals surface area contributed by atoms with Gasteiger partial charge < -0.3 is 0 Å². The SMILES string of the molecule is Cc1ccc(C(=O)c2cnn3ccncc23)c(F)c1F. The molecule has 0 atom stereocenters. The van der Waals surface area contributed by atoms with Crippen LogP contribution in [0.25, 0.3) is 5.52 Å². The van der Waals surface area contributed by atoms with Crippen LogP contribution in [0.4, 0.5) is 8.78 Å². The van der Waals surface area contributed by atoms with E-state index in [2.05, 4.69) is 10.1 Å². The Morgan fingerprint density at radius 3 is 2.75 bits per heavy atom. The van der Waals surface area contributed by atoms with Gasteiger partial charge in [0, 0.05) is 12.4 Å². The van der Waals surface area contributed by atoms with E-state index in [1.807, 2.05) is 0 Å². The van der Waals surface area contributed by atoms with Crippen molar-refractivity contribution in [1.29, 1.82) is 0 Å². The highest BCUT2D eigenvalue weighted by atomic mass is 19.2. The summed E-state index contributed by atoms with van der Waals surface area (Å²) in [6.45, 7) is 1.44. The van der Waals surface area contributed by atoms with Crippen LogP contribution in [0.5, 0.6) is 0 Å². The molecule has 3 rings (SSSR count). The molecule has 0 aliphatic rings. The van der Waals surface area contributed by atoms with Crippen molar-refractivity contribution in [3.05, 3.63) is 65.2 Å². The zero-order chi connectivity index (χ0) is 14.3. The zero-order valence-corrected chi connectivity index (χ0v) is 10.5. The van der Waals surface area contributed by atoms with Gasteiger partial charge in [0.2, 0.25) is 0 Å². The minimum absolute atomic E-state index is 0.153. The van der Waals surface area contributed by atoms with Gasteiger partial charge in [-0.2, -0.15) is 5.10 Å². The molecule has 0 saturated heterocycles. The molecule has 0 amide bonds. The lowest BCUT2D eigenvalue weighted by atomic mass is 10.0. The number of hydrogen-bond donors (Lipinski definition) is 0. The lowest BCUT2D eigenvalue weighted by Crippen LogP contribution is -2.06. The summed E-state index contributed by atoms with van der Waals surface area (Å²) in [7, 11) is 0. The Labute approximate surface area is 112 Å². The Bertz CT molecular complexity index is 826. The highest BCUT2D eigenvalue weighted by molar-refractivity contribution is 6.13. The Morgan fingerprint density at radius 2 is 1.95 bits per heavy atom. The summed E-state index contributed by atoms with van der Waals surface area (Å²) in [5.74, 6) is -2.77. The lowest BCUT2D eigenvalue weighted by Gasteiger charge is -2.04. The molecule has 20 heavy (non-hydrogen) atoms. The van der Waals surface area contributed by atoms with Crippen LogP contribution in [0.3, 0.4) is 0 Å². The van der Waals surface area contributed by atoms with Crippen LogP contribution >= 0.6 is 0 Å². The fourth-order valence-electron chi connectivity index (χ4n) is 1.98. The molecule has 3 aromatic rings. The first-order valence-corrected chi connectivity index (χ1v) is 5.86. The number of aryl methyl sites for hydroxylation is 1. The van der Waals surface area contributed by atoms with E-state index in [4.69, 9.17) is 0 Å². The second-order valence-corrected chi connectivity index (χ2v) is 4.35. The zero-order valence-electron chi connectivity index (χ0n) is 10.5. The standard InChI is InChI=1S/C14H9F2N3O/c1-8-2-3-9(13(16)12(8)15)14(20)10-6-18-19-5-4-17-7-11(10)19/h2-7H,1H3. The van der Waals surface area contributed by atoms with E-state index >= 15 is 0 Å². The number of benzene rings is 1. The Kier molecular flexibility index (Phi) is 2.78. The topological polar surface area (TPSA) is 47.3 Å². The summed E-state index contributed by atoms with van der Waals surface area (Å²) >= 11 is 0. The van der Waals surface area contributed by atoms with Crippen molar-refractivity contribution in [3.8, 4) is 0 Å². The minimum Gasteiger partial charge on any atom is -0.288 e. The fourth-order valence-corrected chi connectivity index (χ4v) is 1.98. The van der Waals surface area contributed by atoms with Crippen LogP contribution in [0.1, 0.15) is 21.5 Å². The molecule has 0 saturated carbocycles. The summed E-state index contributed by atoms with van der Waals surface area (Å²) in [6, 6.07) is 2.64. The van der Waals surface area contributed by atoms with E-state index in [0.29, 0.717) is 5.52 Å². The van der Waals surface area contributed by atoms with Crippen molar-refractivity contribution in [2.24, 2.45) is 0 Å². The quantitative estimate of drug-likeness (QED) is 0.674. The van der Waals surface area contributed by atoms with Crippen molar-refractivity contribution >= 4 is 11.3 Å². The van der Waals surface area contributed by atoms with Gasteiger partial charge in [-0.1, -0.05) is 6.07 Å². The fraction of sp³-hybridized carbons (Fsp3) is 0.0714. The first kappa shape index (κ1) is 12.4. The van der Waals surface area contributed by atoms with Gasteiger partial charge in [0.1, 0.15) is 0 Å². The van der Waals surface area contributed by atoms with Gasteiger partial charge in [-0.3, -0.25) is 9.78 Å². The molecule has 4 nitrogen and oxygen atoms in total. The highest BCUT2D eigenvalue weighted by Gasteiger charge is 2.21. The second kappa shape index (κ2) is 4.48. The van der Waals surface area contributed by atoms with Crippen molar-refractivity contribution in [3.63, 3.8) is 0 Å². The number of halogens is 2. The van der Waals surface area contributed by atoms with E-state index in [9.17, 15) is 13.6 Å². The van der Waals surface area contributed by atoms with Gasteiger partial charge in [-0.05, 0) is 18.6 Å². The Morgan fingerprint density at radius 1 is 1.15 bits per heavy atom. The maximum Gasteiger partial charge on any atom is 0.199 e. The molecule has 100 valence electrons. The first-order chi connectivity index (χ1) is 9.59. The second-order valence-electron chi connectivity index (χ2n) is 4.35. The molecule has 6 heteroatoms. The van der Waals surface area contributed by atoms with Gasteiger partial charge in [0.05, 0.1) is 29.0 Å². The molecule has 0 unspecified atom stereocenters. The monoisotopic (exact) mass is 273 g/mol. The molecule has 1 aromatic carbocycles. The molecule has 0 spiro atoms. The predicted molar refractivity (Wildman–Crippen MR) is 67.5 cm³/mol. The van der Waals surface area contributed by atoms with E-state index in [1.165, 1.54) is 42.2 Å². The molecule has 0 aliphatic heterocycles. The smallest absolute Gasteiger partial charge is 0.199 e. The average molecular weight is 273 g/mol. The molecule has 0 N–H and O–H groups in total. The maximum absolute atomic E-state index is 13.9. The third-order valence-corrected chi connectivity index (χ3v) is 3.09. The normalized spacial score (nSPS) is 10.9. The van der Waals surface area contributed by atoms with Gasteiger partial charge >= 0.3 is 0 Å². The van der Waals surface area contributed by atoms with Crippen LogP contribution in [0.2, 0.25) is 0 Å². The maximum atomic E-state index is 13.9. The van der Waals surface area contributed by atoms with Gasteiger partial charge in [-0.25, -0.2) is 13.3 Å². The number of carbonyl (C=O) groups is 1. The van der Waals surface area contributed by atoms with Crippen LogP contribution < -0.4 is 0 Å². The summed E-state index contributed by atoms with van der Waals surface area (Å²) in [4.78, 5) is 16.2. The molecule has 0 aliphatic carbocycles. The lowest BCUT2D eigenvalue weighted by molar-refractivity contribution is 0.103. The van der Waals surface area contributed by atoms with E-state index in [0.717, 1.165) is 0 Å². The number of hydrogen-bond acceptors (Lipinski definition) is 3. The van der Waals surface area contributed by atoms with Gasteiger partial charge in [0.15, 0.2) is 17.4 Å². The molecular weight excluding hydrogens is 264 g/mol. The molecular formula is C14H9F2N3O. The number of ketones is 1. The number of rotatable bonds is 2. The highest BCUT2D eigenvalue weighted by Crippen LogP contribution is 2.20. The Hall–Kier alpha value is -2.63. The van der Waals surface area contributed by atoms with Crippen LogP contribution in [-0.2, 0) is 0 Å². The summed E-state index contributed by atoms with van der Waals surface area (Å²) in [6.07, 6.45) is 5.85. The average Bonchev–Trinajstić information content (AvgIpc) is 2.88. The molecule has 2 aromatic heterocycles.